The first kappa shape index (κ1) is 23.5. The Morgan fingerprint density at radius 2 is 1.69 bits per heavy atom. The highest BCUT2D eigenvalue weighted by Gasteiger charge is 2.44. The Kier molecular flexibility index (Phi) is 6.36. The van der Waals surface area contributed by atoms with Crippen LogP contribution in [0, 0.1) is 0 Å². The molecule has 7 nitrogen and oxygen atoms in total. The van der Waals surface area contributed by atoms with Crippen LogP contribution in [0.5, 0.6) is 0 Å². The molecule has 35 heavy (non-hydrogen) atoms. The van der Waals surface area contributed by atoms with Gasteiger partial charge in [-0.3, -0.25) is 24.2 Å². The molecule has 2 aliphatic heterocycles. The van der Waals surface area contributed by atoms with Gasteiger partial charge in [-0.25, -0.2) is 0 Å². The summed E-state index contributed by atoms with van der Waals surface area (Å²) in [4.78, 5) is 43.8. The molecule has 0 saturated heterocycles. The summed E-state index contributed by atoms with van der Waals surface area (Å²) in [6, 6.07) is 12.6. The van der Waals surface area contributed by atoms with Gasteiger partial charge in [0.2, 0.25) is 17.7 Å². The number of nitrogens with zero attached hydrogens (tertiary/aromatic N) is 2. The highest BCUT2D eigenvalue weighted by Crippen LogP contribution is 2.39. The summed E-state index contributed by atoms with van der Waals surface area (Å²) in [6.45, 7) is 1.82. The molecule has 3 amide bonds. The molecule has 0 unspecified atom stereocenters. The van der Waals surface area contributed by atoms with Crippen LogP contribution in [0.25, 0.3) is 0 Å². The normalized spacial score (nSPS) is 23.8. The Bertz CT molecular complexity index is 1160. The molecule has 0 aromatic heterocycles. The van der Waals surface area contributed by atoms with E-state index in [0.717, 1.165) is 36.1 Å². The third-order valence-corrected chi connectivity index (χ3v) is 7.87. The summed E-state index contributed by atoms with van der Waals surface area (Å²) in [7, 11) is 3.68. The van der Waals surface area contributed by atoms with Gasteiger partial charge in [0.1, 0.15) is 12.1 Å². The number of nitrogens with one attached hydrogen (secondary N) is 2. The number of carbonyl (C=O) groups is 3. The maximum Gasteiger partial charge on any atom is 0.250 e. The SMILES string of the molecule is C[C@@H](C(=O)N[C@H]1CCc2cccc3c2N(C1=O)[C@H](C(=O)N[C@@H]1CCCc2ccccc21)C3)N(C)C. The first-order valence-electron chi connectivity index (χ1n) is 12.6. The first-order chi connectivity index (χ1) is 16.8. The topological polar surface area (TPSA) is 81.8 Å². The number of likely N-dealkylation sites (N-methyl/N-ethyl adjacent to an activating group) is 1. The lowest BCUT2D eigenvalue weighted by Gasteiger charge is -2.31. The number of hydrogen-bond acceptors (Lipinski definition) is 4. The Hall–Kier alpha value is -3.19. The molecule has 3 aliphatic rings. The van der Waals surface area contributed by atoms with Crippen molar-refractivity contribution in [2.75, 3.05) is 19.0 Å². The van der Waals surface area contributed by atoms with Gasteiger partial charge >= 0.3 is 0 Å². The van der Waals surface area contributed by atoms with E-state index in [1.54, 1.807) is 4.90 Å². The molecule has 4 atom stereocenters. The van der Waals surface area contributed by atoms with E-state index in [1.807, 2.05) is 56.3 Å². The molecule has 184 valence electrons. The van der Waals surface area contributed by atoms with Gasteiger partial charge in [0, 0.05) is 6.42 Å². The van der Waals surface area contributed by atoms with Gasteiger partial charge in [-0.05, 0) is 75.4 Å². The Morgan fingerprint density at radius 3 is 2.49 bits per heavy atom. The van der Waals surface area contributed by atoms with Gasteiger partial charge in [0.25, 0.3) is 0 Å². The van der Waals surface area contributed by atoms with Gasteiger partial charge < -0.3 is 10.6 Å². The van der Waals surface area contributed by atoms with Crippen molar-refractivity contribution in [3.63, 3.8) is 0 Å². The Balaban J connectivity index is 1.41. The highest BCUT2D eigenvalue weighted by atomic mass is 16.2. The second-order valence-electron chi connectivity index (χ2n) is 10.2. The van der Waals surface area contributed by atoms with Gasteiger partial charge in [-0.2, -0.15) is 0 Å². The lowest BCUT2D eigenvalue weighted by molar-refractivity contribution is -0.131. The monoisotopic (exact) mass is 474 g/mol. The fourth-order valence-corrected chi connectivity index (χ4v) is 5.67. The summed E-state index contributed by atoms with van der Waals surface area (Å²) in [5.41, 5.74) is 5.40. The molecule has 2 heterocycles. The number of rotatable bonds is 5. The average molecular weight is 475 g/mol. The second kappa shape index (κ2) is 9.46. The molecule has 0 saturated carbocycles. The van der Waals surface area contributed by atoms with E-state index in [2.05, 4.69) is 22.8 Å². The molecule has 2 aromatic rings. The molecule has 1 aliphatic carbocycles. The molecule has 0 radical (unpaired) electrons. The second-order valence-corrected chi connectivity index (χ2v) is 10.2. The van der Waals surface area contributed by atoms with Crippen molar-refractivity contribution in [3.05, 3.63) is 64.7 Å². The summed E-state index contributed by atoms with van der Waals surface area (Å²) in [5, 5.41) is 6.23. The predicted molar refractivity (Wildman–Crippen MR) is 135 cm³/mol. The van der Waals surface area contributed by atoms with Crippen LogP contribution in [-0.2, 0) is 33.6 Å². The minimum Gasteiger partial charge on any atom is -0.347 e. The van der Waals surface area contributed by atoms with E-state index in [4.69, 9.17) is 0 Å². The van der Waals surface area contributed by atoms with Crippen LogP contribution in [0.1, 0.15) is 54.5 Å². The van der Waals surface area contributed by atoms with E-state index in [-0.39, 0.29) is 29.8 Å². The minimum absolute atomic E-state index is 0.0471. The molecule has 0 bridgehead atoms. The minimum atomic E-state index is -0.658. The zero-order valence-electron chi connectivity index (χ0n) is 20.7. The number of fused-ring (bicyclic) bond motifs is 1. The van der Waals surface area contributed by atoms with Gasteiger partial charge in [-0.1, -0.05) is 42.5 Å². The van der Waals surface area contributed by atoms with Crippen molar-refractivity contribution in [2.45, 2.75) is 69.6 Å². The lowest BCUT2D eigenvalue weighted by atomic mass is 9.87. The molecular weight excluding hydrogens is 440 g/mol. The molecular formula is C28H34N4O3. The highest BCUT2D eigenvalue weighted by molar-refractivity contribution is 6.08. The van der Waals surface area contributed by atoms with E-state index < -0.39 is 12.1 Å². The molecule has 0 fully saturated rings. The van der Waals surface area contributed by atoms with Crippen molar-refractivity contribution >= 4 is 23.4 Å². The summed E-state index contributed by atoms with van der Waals surface area (Å²) < 4.78 is 0. The van der Waals surface area contributed by atoms with Crippen LogP contribution in [0.15, 0.2) is 42.5 Å². The Morgan fingerprint density at radius 1 is 0.943 bits per heavy atom. The fraction of sp³-hybridized carbons (Fsp3) is 0.464. The zero-order valence-corrected chi connectivity index (χ0v) is 20.7. The van der Waals surface area contributed by atoms with E-state index in [9.17, 15) is 14.4 Å². The summed E-state index contributed by atoms with van der Waals surface area (Å²) in [6.07, 6.45) is 4.63. The predicted octanol–water partition coefficient (Wildman–Crippen LogP) is 2.52. The maximum atomic E-state index is 13.8. The lowest BCUT2D eigenvalue weighted by Crippen LogP contribution is -2.56. The van der Waals surface area contributed by atoms with Gasteiger partial charge in [0.05, 0.1) is 17.8 Å². The summed E-state index contributed by atoms with van der Waals surface area (Å²) >= 11 is 0. The largest absolute Gasteiger partial charge is 0.347 e. The van der Waals surface area contributed by atoms with Crippen LogP contribution in [0.4, 0.5) is 5.69 Å². The Labute approximate surface area is 206 Å². The molecule has 2 N–H and O–H groups in total. The molecule has 2 aromatic carbocycles. The molecule has 7 heteroatoms. The van der Waals surface area contributed by atoms with E-state index >= 15 is 0 Å². The van der Waals surface area contributed by atoms with E-state index in [0.29, 0.717) is 19.3 Å². The first-order valence-corrected chi connectivity index (χ1v) is 12.6. The van der Waals surface area contributed by atoms with Crippen LogP contribution in [0.3, 0.4) is 0 Å². The quantitative estimate of drug-likeness (QED) is 0.698. The van der Waals surface area contributed by atoms with Crippen molar-refractivity contribution in [1.29, 1.82) is 0 Å². The number of para-hydroxylation sites is 1. The molecule has 5 rings (SSSR count). The van der Waals surface area contributed by atoms with Crippen LogP contribution < -0.4 is 15.5 Å². The average Bonchev–Trinajstić information content (AvgIpc) is 3.19. The maximum absolute atomic E-state index is 13.8. The van der Waals surface area contributed by atoms with Gasteiger partial charge in [-0.15, -0.1) is 0 Å². The van der Waals surface area contributed by atoms with Crippen molar-refractivity contribution in [1.82, 2.24) is 15.5 Å². The molecule has 0 spiro atoms. The third kappa shape index (κ3) is 4.33. The third-order valence-electron chi connectivity index (χ3n) is 7.87. The zero-order chi connectivity index (χ0) is 24.7. The summed E-state index contributed by atoms with van der Waals surface area (Å²) in [5.74, 6) is -0.508. The van der Waals surface area contributed by atoms with E-state index in [1.165, 1.54) is 11.1 Å². The van der Waals surface area contributed by atoms with Crippen LogP contribution in [0.2, 0.25) is 0 Å². The number of aryl methyl sites for hydroxylation is 2. The van der Waals surface area contributed by atoms with Crippen LogP contribution in [-0.4, -0.2) is 54.8 Å². The number of anilines is 1. The number of carbonyl (C=O) groups excluding carboxylic acids is 3. The fourth-order valence-electron chi connectivity index (χ4n) is 5.67. The number of amides is 3. The van der Waals surface area contributed by atoms with Crippen molar-refractivity contribution < 1.29 is 14.4 Å². The standard InChI is InChI=1S/C28H34N4O3/c1-17(31(2)3)26(33)30-23-15-14-19-10-6-11-20-16-24(32(25(19)20)28(23)35)27(34)29-22-13-7-9-18-8-4-5-12-21(18)22/h4-6,8,10-12,17,22-24H,7,9,13-16H2,1-3H3,(H,29,34)(H,30,33)/t17-,22+,23-,24-/m0/s1. The number of benzene rings is 2. The van der Waals surface area contributed by atoms with Crippen molar-refractivity contribution in [2.24, 2.45) is 0 Å². The van der Waals surface area contributed by atoms with Gasteiger partial charge in [0.15, 0.2) is 0 Å². The number of hydrogen-bond donors (Lipinski definition) is 2. The van der Waals surface area contributed by atoms with Crippen molar-refractivity contribution in [3.8, 4) is 0 Å². The van der Waals surface area contributed by atoms with Crippen LogP contribution >= 0.6 is 0 Å². The smallest absolute Gasteiger partial charge is 0.250 e.